The third kappa shape index (κ3) is 6.34. The molecular formula is C19H30IN5. The van der Waals surface area contributed by atoms with Gasteiger partial charge in [-0.25, -0.2) is 4.98 Å². The predicted octanol–water partition coefficient (Wildman–Crippen LogP) is 3.63. The van der Waals surface area contributed by atoms with E-state index in [9.17, 15) is 0 Å². The number of anilines is 1. The van der Waals surface area contributed by atoms with Crippen molar-refractivity contribution in [1.29, 1.82) is 0 Å². The van der Waals surface area contributed by atoms with Crippen molar-refractivity contribution in [3.8, 4) is 0 Å². The molecule has 25 heavy (non-hydrogen) atoms. The van der Waals surface area contributed by atoms with Crippen molar-refractivity contribution in [3.05, 3.63) is 35.9 Å². The summed E-state index contributed by atoms with van der Waals surface area (Å²) in [6.45, 7) is 6.09. The molecule has 0 bridgehead atoms. The average molecular weight is 455 g/mol. The number of halogens is 1. The van der Waals surface area contributed by atoms with Crippen LogP contribution in [0.4, 0.5) is 5.82 Å². The zero-order valence-electron chi connectivity index (χ0n) is 15.8. The molecule has 1 heterocycles. The zero-order valence-corrected chi connectivity index (χ0v) is 18.2. The second-order valence-electron chi connectivity index (χ2n) is 6.59. The van der Waals surface area contributed by atoms with Gasteiger partial charge in [0.25, 0.3) is 0 Å². The third-order valence-corrected chi connectivity index (χ3v) is 3.93. The Hall–Kier alpha value is -1.57. The molecule has 5 nitrogen and oxygen atoms in total. The first-order valence-electron chi connectivity index (χ1n) is 8.51. The van der Waals surface area contributed by atoms with Gasteiger partial charge in [-0.15, -0.1) is 24.0 Å². The van der Waals surface area contributed by atoms with Gasteiger partial charge in [0.1, 0.15) is 5.82 Å². The number of pyridine rings is 1. The quantitative estimate of drug-likeness (QED) is 0.397. The number of hydrogen-bond donors (Lipinski definition) is 2. The van der Waals surface area contributed by atoms with Gasteiger partial charge in [-0.1, -0.05) is 32.0 Å². The summed E-state index contributed by atoms with van der Waals surface area (Å²) in [5.74, 6) is 2.48. The number of para-hydroxylation sites is 1. The van der Waals surface area contributed by atoms with Gasteiger partial charge >= 0.3 is 0 Å². The summed E-state index contributed by atoms with van der Waals surface area (Å²) in [5.41, 5.74) is 2.24. The number of rotatable bonds is 6. The fraction of sp³-hybridized carbons (Fsp3) is 0.474. The lowest BCUT2D eigenvalue weighted by molar-refractivity contribution is 0.573. The van der Waals surface area contributed by atoms with Crippen molar-refractivity contribution in [2.24, 2.45) is 10.9 Å². The summed E-state index contributed by atoms with van der Waals surface area (Å²) in [6.07, 6.45) is 1.13. The number of nitrogens with zero attached hydrogens (tertiary/aromatic N) is 3. The molecule has 2 rings (SSSR count). The number of aromatic nitrogens is 1. The first kappa shape index (κ1) is 21.5. The number of nitrogens with one attached hydrogen (secondary N) is 2. The minimum Gasteiger partial charge on any atom is -0.363 e. The van der Waals surface area contributed by atoms with Gasteiger partial charge in [-0.3, -0.25) is 4.99 Å². The van der Waals surface area contributed by atoms with Crippen LogP contribution in [0.15, 0.2) is 35.3 Å². The fourth-order valence-electron chi connectivity index (χ4n) is 2.49. The van der Waals surface area contributed by atoms with E-state index < -0.39 is 0 Å². The van der Waals surface area contributed by atoms with Crippen molar-refractivity contribution < 1.29 is 0 Å². The zero-order chi connectivity index (χ0) is 17.5. The molecule has 138 valence electrons. The number of benzene rings is 1. The molecule has 2 N–H and O–H groups in total. The molecule has 6 heteroatoms. The molecule has 0 atom stereocenters. The van der Waals surface area contributed by atoms with Gasteiger partial charge in [0.15, 0.2) is 5.96 Å². The highest BCUT2D eigenvalue weighted by atomic mass is 127. The molecule has 0 spiro atoms. The first-order valence-corrected chi connectivity index (χ1v) is 8.51. The Labute approximate surface area is 168 Å². The van der Waals surface area contributed by atoms with Gasteiger partial charge in [0.2, 0.25) is 0 Å². The van der Waals surface area contributed by atoms with Crippen molar-refractivity contribution in [3.63, 3.8) is 0 Å². The van der Waals surface area contributed by atoms with Gasteiger partial charge in [-0.2, -0.15) is 0 Å². The molecule has 0 saturated carbocycles. The summed E-state index contributed by atoms with van der Waals surface area (Å²) in [4.78, 5) is 11.0. The number of guanidine groups is 1. The van der Waals surface area contributed by atoms with E-state index in [0.717, 1.165) is 30.3 Å². The van der Waals surface area contributed by atoms with Crippen molar-refractivity contribution >= 4 is 46.7 Å². The van der Waals surface area contributed by atoms with E-state index >= 15 is 0 Å². The highest BCUT2D eigenvalue weighted by Gasteiger charge is 2.08. The number of hydrogen-bond acceptors (Lipinski definition) is 3. The summed E-state index contributed by atoms with van der Waals surface area (Å²) in [5, 5.41) is 7.95. The Kier molecular flexibility index (Phi) is 8.96. The summed E-state index contributed by atoms with van der Waals surface area (Å²) < 4.78 is 0. The van der Waals surface area contributed by atoms with E-state index in [1.54, 1.807) is 7.05 Å². The van der Waals surface area contributed by atoms with Crippen LogP contribution in [0.25, 0.3) is 10.9 Å². The van der Waals surface area contributed by atoms with Crippen molar-refractivity contribution in [1.82, 2.24) is 15.6 Å². The highest BCUT2D eigenvalue weighted by molar-refractivity contribution is 14.0. The average Bonchev–Trinajstić information content (AvgIpc) is 2.57. The van der Waals surface area contributed by atoms with Gasteiger partial charge in [0.05, 0.1) is 5.52 Å². The molecule has 0 aliphatic heterocycles. The van der Waals surface area contributed by atoms with Crippen LogP contribution in [0.1, 0.15) is 25.8 Å². The van der Waals surface area contributed by atoms with Gasteiger partial charge < -0.3 is 15.5 Å². The van der Waals surface area contributed by atoms with Gasteiger partial charge in [-0.05, 0) is 30.0 Å². The van der Waals surface area contributed by atoms with E-state index in [2.05, 4.69) is 53.7 Å². The summed E-state index contributed by atoms with van der Waals surface area (Å²) >= 11 is 0. The van der Waals surface area contributed by atoms with Crippen LogP contribution in [0.2, 0.25) is 0 Å². The summed E-state index contributed by atoms with van der Waals surface area (Å²) in [6, 6.07) is 10.4. The Morgan fingerprint density at radius 1 is 1.20 bits per heavy atom. The van der Waals surface area contributed by atoms with Crippen LogP contribution in [-0.4, -0.2) is 38.6 Å². The molecule has 1 aromatic carbocycles. The van der Waals surface area contributed by atoms with E-state index in [0.29, 0.717) is 12.5 Å². The van der Waals surface area contributed by atoms with Crippen molar-refractivity contribution in [2.75, 3.05) is 32.6 Å². The van der Waals surface area contributed by atoms with Crippen LogP contribution in [0, 0.1) is 5.92 Å². The maximum atomic E-state index is 4.70. The normalized spacial score (nSPS) is 11.4. The van der Waals surface area contributed by atoms with Crippen LogP contribution >= 0.6 is 24.0 Å². The molecule has 2 aromatic rings. The topological polar surface area (TPSA) is 52.6 Å². The second kappa shape index (κ2) is 10.4. The molecule has 0 amide bonds. The Bertz CT molecular complexity index is 697. The first-order chi connectivity index (χ1) is 11.5. The van der Waals surface area contributed by atoms with Crippen LogP contribution in [0.3, 0.4) is 0 Å². The predicted molar refractivity (Wildman–Crippen MR) is 119 cm³/mol. The lowest BCUT2D eigenvalue weighted by Crippen LogP contribution is -2.37. The largest absolute Gasteiger partial charge is 0.363 e. The standard InChI is InChI=1S/C19H29N5.HI/c1-14(2)10-11-21-19(20-3)22-13-15-12-18(24(4)5)23-17-9-7-6-8-16(15)17;/h6-9,12,14H,10-11,13H2,1-5H3,(H2,20,21,22);1H. The molecule has 0 radical (unpaired) electrons. The number of aliphatic imine (C=N–C) groups is 1. The molecule has 0 aliphatic carbocycles. The fourth-order valence-corrected chi connectivity index (χ4v) is 2.49. The lowest BCUT2D eigenvalue weighted by Gasteiger charge is -2.17. The molecule has 0 saturated heterocycles. The lowest BCUT2D eigenvalue weighted by atomic mass is 10.1. The third-order valence-electron chi connectivity index (χ3n) is 3.93. The van der Waals surface area contributed by atoms with E-state index in [4.69, 9.17) is 4.98 Å². The molecule has 1 aromatic heterocycles. The maximum absolute atomic E-state index is 4.70. The van der Waals surface area contributed by atoms with Gasteiger partial charge in [0, 0.05) is 39.6 Å². The number of fused-ring (bicyclic) bond motifs is 1. The minimum atomic E-state index is 0. The minimum absolute atomic E-state index is 0. The van der Waals surface area contributed by atoms with Crippen molar-refractivity contribution in [2.45, 2.75) is 26.8 Å². The Morgan fingerprint density at radius 2 is 1.92 bits per heavy atom. The Morgan fingerprint density at radius 3 is 2.56 bits per heavy atom. The molecular weight excluding hydrogens is 425 g/mol. The van der Waals surface area contributed by atoms with Crippen LogP contribution in [-0.2, 0) is 6.54 Å². The Balaban J connectivity index is 0.00000312. The molecule has 0 unspecified atom stereocenters. The van der Waals surface area contributed by atoms with Crippen LogP contribution < -0.4 is 15.5 Å². The second-order valence-corrected chi connectivity index (χ2v) is 6.59. The van der Waals surface area contributed by atoms with E-state index in [1.807, 2.05) is 25.1 Å². The van der Waals surface area contributed by atoms with E-state index in [-0.39, 0.29) is 24.0 Å². The monoisotopic (exact) mass is 455 g/mol. The highest BCUT2D eigenvalue weighted by Crippen LogP contribution is 2.21. The molecule has 0 aliphatic rings. The smallest absolute Gasteiger partial charge is 0.191 e. The molecule has 0 fully saturated rings. The van der Waals surface area contributed by atoms with E-state index in [1.165, 1.54) is 10.9 Å². The summed E-state index contributed by atoms with van der Waals surface area (Å²) in [7, 11) is 5.84. The SMILES string of the molecule is CN=C(NCCC(C)C)NCc1cc(N(C)C)nc2ccccc12.I. The maximum Gasteiger partial charge on any atom is 0.191 e. The van der Waals surface area contributed by atoms with Crippen LogP contribution in [0.5, 0.6) is 0 Å².